The molecule has 0 bridgehead atoms. The molecule has 0 radical (unpaired) electrons. The van der Waals surface area contributed by atoms with E-state index >= 15 is 0 Å². The fourth-order valence-electron chi connectivity index (χ4n) is 2.26. The van der Waals surface area contributed by atoms with Crippen molar-refractivity contribution in [3.8, 4) is 0 Å². The van der Waals surface area contributed by atoms with Gasteiger partial charge in [0.1, 0.15) is 0 Å². The molecule has 25 heavy (non-hydrogen) atoms. The summed E-state index contributed by atoms with van der Waals surface area (Å²) in [6.07, 6.45) is 0.823. The van der Waals surface area contributed by atoms with Crippen molar-refractivity contribution in [3.05, 3.63) is 59.7 Å². The summed E-state index contributed by atoms with van der Waals surface area (Å²) in [5.74, 6) is 0. The van der Waals surface area contributed by atoms with Gasteiger partial charge in [0.2, 0.25) is 20.0 Å². The van der Waals surface area contributed by atoms with Gasteiger partial charge < -0.3 is 0 Å². The minimum absolute atomic E-state index is 0.0871. The number of nitrogens with one attached hydrogen (secondary N) is 1. The standard InChI is InChI=1S/C17H22N2O4S2/c1-4-14-9-11-16(12-10-14)24(20,21)18-13-15-7-5-6-8-17(15)25(22,23)19(2)3/h5-12,18H,4,13H2,1-3H3. The predicted molar refractivity (Wildman–Crippen MR) is 97.2 cm³/mol. The maximum absolute atomic E-state index is 12.4. The van der Waals surface area contributed by atoms with Crippen molar-refractivity contribution in [3.63, 3.8) is 0 Å². The maximum atomic E-state index is 12.4. The topological polar surface area (TPSA) is 83.5 Å². The highest BCUT2D eigenvalue weighted by Gasteiger charge is 2.22. The number of aryl methyl sites for hydroxylation is 1. The monoisotopic (exact) mass is 382 g/mol. The van der Waals surface area contributed by atoms with Crippen molar-refractivity contribution in [2.24, 2.45) is 0 Å². The minimum Gasteiger partial charge on any atom is -0.207 e. The molecule has 0 aliphatic rings. The maximum Gasteiger partial charge on any atom is 0.242 e. The second-order valence-electron chi connectivity index (χ2n) is 5.72. The Morgan fingerprint density at radius 2 is 1.52 bits per heavy atom. The van der Waals surface area contributed by atoms with Crippen LogP contribution in [0.5, 0.6) is 0 Å². The Hall–Kier alpha value is -1.74. The van der Waals surface area contributed by atoms with Crippen LogP contribution in [-0.4, -0.2) is 35.2 Å². The molecule has 0 saturated carbocycles. The summed E-state index contributed by atoms with van der Waals surface area (Å²) in [6, 6.07) is 13.0. The van der Waals surface area contributed by atoms with Gasteiger partial charge in [-0.15, -0.1) is 0 Å². The Kier molecular flexibility index (Phi) is 5.99. The highest BCUT2D eigenvalue weighted by Crippen LogP contribution is 2.19. The molecule has 2 rings (SSSR count). The van der Waals surface area contributed by atoms with E-state index in [1.165, 1.54) is 20.2 Å². The largest absolute Gasteiger partial charge is 0.242 e. The van der Waals surface area contributed by atoms with Gasteiger partial charge >= 0.3 is 0 Å². The van der Waals surface area contributed by atoms with Gasteiger partial charge in [-0.25, -0.2) is 25.9 Å². The third-order valence-electron chi connectivity index (χ3n) is 3.83. The van der Waals surface area contributed by atoms with E-state index in [0.717, 1.165) is 16.3 Å². The van der Waals surface area contributed by atoms with E-state index < -0.39 is 20.0 Å². The molecule has 0 aliphatic carbocycles. The minimum atomic E-state index is -3.72. The van der Waals surface area contributed by atoms with Crippen molar-refractivity contribution in [2.45, 2.75) is 29.7 Å². The van der Waals surface area contributed by atoms with Gasteiger partial charge in [-0.3, -0.25) is 0 Å². The SMILES string of the molecule is CCc1ccc(S(=O)(=O)NCc2ccccc2S(=O)(=O)N(C)C)cc1. The second-order valence-corrected chi connectivity index (χ2v) is 9.60. The van der Waals surface area contributed by atoms with E-state index in [4.69, 9.17) is 0 Å². The Bertz CT molecular complexity index is 935. The van der Waals surface area contributed by atoms with Crippen LogP contribution >= 0.6 is 0 Å². The van der Waals surface area contributed by atoms with E-state index in [-0.39, 0.29) is 16.3 Å². The quantitative estimate of drug-likeness (QED) is 0.794. The normalized spacial score (nSPS) is 12.5. The summed E-state index contributed by atoms with van der Waals surface area (Å²) < 4.78 is 53.2. The van der Waals surface area contributed by atoms with Gasteiger partial charge in [0.25, 0.3) is 0 Å². The van der Waals surface area contributed by atoms with Crippen molar-refractivity contribution in [2.75, 3.05) is 14.1 Å². The van der Waals surface area contributed by atoms with Gasteiger partial charge in [0.05, 0.1) is 9.79 Å². The van der Waals surface area contributed by atoms with Gasteiger partial charge in [0.15, 0.2) is 0 Å². The first-order valence-electron chi connectivity index (χ1n) is 7.77. The summed E-state index contributed by atoms with van der Waals surface area (Å²) in [5.41, 5.74) is 1.44. The summed E-state index contributed by atoms with van der Waals surface area (Å²) in [5, 5.41) is 0. The van der Waals surface area contributed by atoms with Crippen LogP contribution in [0.25, 0.3) is 0 Å². The van der Waals surface area contributed by atoms with E-state index in [0.29, 0.717) is 5.56 Å². The van der Waals surface area contributed by atoms with Crippen LogP contribution in [0.3, 0.4) is 0 Å². The smallest absolute Gasteiger partial charge is 0.207 e. The molecule has 0 aliphatic heterocycles. The molecule has 2 aromatic carbocycles. The van der Waals surface area contributed by atoms with Crippen molar-refractivity contribution < 1.29 is 16.8 Å². The van der Waals surface area contributed by atoms with Crippen molar-refractivity contribution in [1.82, 2.24) is 9.03 Å². The Labute approximate surface area is 149 Å². The predicted octanol–water partition coefficient (Wildman–Crippen LogP) is 1.98. The van der Waals surface area contributed by atoms with E-state index in [2.05, 4.69) is 4.72 Å². The molecule has 136 valence electrons. The van der Waals surface area contributed by atoms with E-state index in [1.807, 2.05) is 6.92 Å². The van der Waals surface area contributed by atoms with E-state index in [9.17, 15) is 16.8 Å². The fraction of sp³-hybridized carbons (Fsp3) is 0.294. The number of sulfonamides is 2. The van der Waals surface area contributed by atoms with Crippen LogP contribution < -0.4 is 4.72 Å². The number of hydrogen-bond acceptors (Lipinski definition) is 4. The second kappa shape index (κ2) is 7.65. The molecule has 8 heteroatoms. The van der Waals surface area contributed by atoms with Gasteiger partial charge in [-0.05, 0) is 35.7 Å². The zero-order valence-corrected chi connectivity index (χ0v) is 16.1. The Balaban J connectivity index is 2.26. The molecule has 0 heterocycles. The highest BCUT2D eigenvalue weighted by molar-refractivity contribution is 7.89. The average Bonchev–Trinajstić information content (AvgIpc) is 2.60. The van der Waals surface area contributed by atoms with Crippen LogP contribution in [0.15, 0.2) is 58.3 Å². The molecular formula is C17H22N2O4S2. The number of rotatable bonds is 7. The van der Waals surface area contributed by atoms with Crippen LogP contribution in [0.1, 0.15) is 18.1 Å². The molecule has 0 unspecified atom stereocenters. The number of nitrogens with zero attached hydrogens (tertiary/aromatic N) is 1. The molecule has 0 fully saturated rings. The summed E-state index contributed by atoms with van der Waals surface area (Å²) in [7, 11) is -4.50. The molecule has 0 saturated heterocycles. The molecule has 2 aromatic rings. The number of benzene rings is 2. The zero-order valence-electron chi connectivity index (χ0n) is 14.4. The van der Waals surface area contributed by atoms with Crippen molar-refractivity contribution >= 4 is 20.0 Å². The lowest BCUT2D eigenvalue weighted by Gasteiger charge is -2.15. The van der Waals surface area contributed by atoms with Gasteiger partial charge in [0, 0.05) is 20.6 Å². The molecule has 0 atom stereocenters. The average molecular weight is 383 g/mol. The summed E-state index contributed by atoms with van der Waals surface area (Å²) in [6.45, 7) is 1.88. The Morgan fingerprint density at radius 1 is 0.920 bits per heavy atom. The molecule has 1 N–H and O–H groups in total. The third-order valence-corrected chi connectivity index (χ3v) is 7.16. The number of hydrogen-bond donors (Lipinski definition) is 1. The lowest BCUT2D eigenvalue weighted by Crippen LogP contribution is -2.27. The van der Waals surface area contributed by atoms with Crippen LogP contribution in [0, 0.1) is 0 Å². The first kappa shape index (κ1) is 19.6. The molecule has 0 amide bonds. The fourth-order valence-corrected chi connectivity index (χ4v) is 4.38. The lowest BCUT2D eigenvalue weighted by molar-refractivity contribution is 0.519. The lowest BCUT2D eigenvalue weighted by atomic mass is 10.2. The Morgan fingerprint density at radius 3 is 2.08 bits per heavy atom. The molecule has 0 spiro atoms. The van der Waals surface area contributed by atoms with Crippen molar-refractivity contribution in [1.29, 1.82) is 0 Å². The van der Waals surface area contributed by atoms with Crippen LogP contribution in [0.2, 0.25) is 0 Å². The molecule has 0 aromatic heterocycles. The summed E-state index contributed by atoms with van der Waals surface area (Å²) in [4.78, 5) is 0.238. The summed E-state index contributed by atoms with van der Waals surface area (Å²) >= 11 is 0. The van der Waals surface area contributed by atoms with Crippen LogP contribution in [0.4, 0.5) is 0 Å². The first-order valence-corrected chi connectivity index (χ1v) is 10.7. The third kappa shape index (κ3) is 4.46. The highest BCUT2D eigenvalue weighted by atomic mass is 32.2. The first-order chi connectivity index (χ1) is 11.7. The van der Waals surface area contributed by atoms with E-state index in [1.54, 1.807) is 42.5 Å². The van der Waals surface area contributed by atoms with Crippen LogP contribution in [-0.2, 0) is 33.0 Å². The van der Waals surface area contributed by atoms with Gasteiger partial charge in [-0.2, -0.15) is 0 Å². The van der Waals surface area contributed by atoms with Gasteiger partial charge in [-0.1, -0.05) is 37.3 Å². The zero-order chi connectivity index (χ0) is 18.7. The molecular weight excluding hydrogens is 360 g/mol. The molecule has 6 nitrogen and oxygen atoms in total.